The average molecular weight is 331 g/mol. The fourth-order valence-electron chi connectivity index (χ4n) is 3.14. The van der Waals surface area contributed by atoms with Crippen molar-refractivity contribution in [1.29, 1.82) is 0 Å². The fourth-order valence-corrected chi connectivity index (χ4v) is 3.14. The molecule has 0 spiro atoms. The number of carbonyl (C=O) groups excluding carboxylic acids is 2. The van der Waals surface area contributed by atoms with Crippen LogP contribution < -0.4 is 0 Å². The average Bonchev–Trinajstić information content (AvgIpc) is 2.55. The summed E-state index contributed by atoms with van der Waals surface area (Å²) >= 11 is 0. The molecule has 0 saturated carbocycles. The van der Waals surface area contributed by atoms with Gasteiger partial charge in [0.15, 0.2) is 0 Å². The van der Waals surface area contributed by atoms with Crippen molar-refractivity contribution in [1.82, 2.24) is 4.90 Å². The van der Waals surface area contributed by atoms with Gasteiger partial charge in [0.2, 0.25) is 0 Å². The summed E-state index contributed by atoms with van der Waals surface area (Å²) in [7, 11) is 0. The molecule has 2 rings (SSSR count). The van der Waals surface area contributed by atoms with Gasteiger partial charge in [0.05, 0.1) is 6.61 Å². The number of likely N-dealkylation sites (tertiary alicyclic amines) is 1. The summed E-state index contributed by atoms with van der Waals surface area (Å²) in [6.07, 6.45) is 2.91. The Hall–Kier alpha value is -1.84. The normalized spacial score (nSPS) is 16.1. The van der Waals surface area contributed by atoms with Crippen LogP contribution in [0.5, 0.6) is 0 Å². The summed E-state index contributed by atoms with van der Waals surface area (Å²) < 4.78 is 4.79. The second kappa shape index (κ2) is 7.82. The molecule has 0 aromatic heterocycles. The molecule has 0 bridgehead atoms. The zero-order valence-electron chi connectivity index (χ0n) is 15.3. The number of piperidine rings is 1. The van der Waals surface area contributed by atoms with E-state index >= 15 is 0 Å². The number of benzene rings is 1. The van der Waals surface area contributed by atoms with Crippen molar-refractivity contribution in [3.05, 3.63) is 35.4 Å². The molecule has 1 saturated heterocycles. The highest BCUT2D eigenvalue weighted by Gasteiger charge is 2.27. The van der Waals surface area contributed by atoms with Gasteiger partial charge in [-0.2, -0.15) is 0 Å². The van der Waals surface area contributed by atoms with Gasteiger partial charge in [0, 0.05) is 13.1 Å². The maximum absolute atomic E-state index is 11.9. The Balaban J connectivity index is 1.85. The van der Waals surface area contributed by atoms with Crippen molar-refractivity contribution < 1.29 is 14.3 Å². The van der Waals surface area contributed by atoms with Crippen molar-refractivity contribution in [3.8, 4) is 0 Å². The molecule has 1 heterocycles. The van der Waals surface area contributed by atoms with Crippen molar-refractivity contribution in [2.45, 2.75) is 52.4 Å². The van der Waals surface area contributed by atoms with Gasteiger partial charge in [0.25, 0.3) is 0 Å². The van der Waals surface area contributed by atoms with Crippen molar-refractivity contribution in [2.75, 3.05) is 19.7 Å². The number of hydrogen-bond acceptors (Lipinski definition) is 3. The van der Waals surface area contributed by atoms with Crippen LogP contribution in [-0.4, -0.2) is 36.5 Å². The van der Waals surface area contributed by atoms with E-state index in [0.29, 0.717) is 19.0 Å². The van der Waals surface area contributed by atoms with Gasteiger partial charge in [-0.15, -0.1) is 0 Å². The number of nitrogens with zero attached hydrogens (tertiary/aromatic N) is 1. The van der Waals surface area contributed by atoms with Crippen LogP contribution in [0.4, 0.5) is 0 Å². The van der Waals surface area contributed by atoms with Crippen LogP contribution in [-0.2, 0) is 26.2 Å². The quantitative estimate of drug-likeness (QED) is 0.630. The number of ether oxygens (including phenoxy) is 1. The van der Waals surface area contributed by atoms with E-state index in [1.807, 2.05) is 0 Å². The van der Waals surface area contributed by atoms with Crippen LogP contribution in [0.3, 0.4) is 0 Å². The van der Waals surface area contributed by atoms with Gasteiger partial charge in [-0.3, -0.25) is 4.79 Å². The second-order valence-electron chi connectivity index (χ2n) is 7.61. The molecular weight excluding hydrogens is 302 g/mol. The van der Waals surface area contributed by atoms with Gasteiger partial charge in [-0.05, 0) is 48.6 Å². The van der Waals surface area contributed by atoms with Crippen LogP contribution >= 0.6 is 0 Å². The molecule has 1 amide bonds. The van der Waals surface area contributed by atoms with E-state index in [0.717, 1.165) is 19.3 Å². The van der Waals surface area contributed by atoms with E-state index in [4.69, 9.17) is 4.74 Å². The lowest BCUT2D eigenvalue weighted by molar-refractivity contribution is -0.160. The summed E-state index contributed by atoms with van der Waals surface area (Å²) in [6, 6.07) is 8.87. The molecule has 0 aliphatic carbocycles. The minimum absolute atomic E-state index is 0.178. The number of esters is 1. The van der Waals surface area contributed by atoms with E-state index < -0.39 is 11.9 Å². The third-order valence-electron chi connectivity index (χ3n) is 4.70. The number of carbonyl (C=O) groups is 2. The lowest BCUT2D eigenvalue weighted by Crippen LogP contribution is -2.43. The Kier molecular flexibility index (Phi) is 6.03. The summed E-state index contributed by atoms with van der Waals surface area (Å²) in [5, 5.41) is 0. The first-order valence-corrected chi connectivity index (χ1v) is 8.86. The van der Waals surface area contributed by atoms with Gasteiger partial charge in [-0.25, -0.2) is 4.79 Å². The molecule has 1 aromatic rings. The Bertz CT molecular complexity index is 564. The molecule has 1 aromatic carbocycles. The maximum Gasteiger partial charge on any atom is 0.397 e. The Morgan fingerprint density at radius 3 is 2.21 bits per heavy atom. The SMILES string of the molecule is CCOC(=O)C(=O)N1CCC(Cc2ccc(C(C)(C)C)cc2)CC1. The van der Waals surface area contributed by atoms with Crippen LogP contribution in [0.1, 0.15) is 51.7 Å². The zero-order chi connectivity index (χ0) is 17.7. The van der Waals surface area contributed by atoms with Crippen molar-refractivity contribution >= 4 is 11.9 Å². The summed E-state index contributed by atoms with van der Waals surface area (Å²) in [4.78, 5) is 25.1. The van der Waals surface area contributed by atoms with Gasteiger partial charge < -0.3 is 9.64 Å². The van der Waals surface area contributed by atoms with Crippen LogP contribution in [0.2, 0.25) is 0 Å². The molecule has 0 unspecified atom stereocenters. The predicted octanol–water partition coefficient (Wildman–Crippen LogP) is 3.33. The number of rotatable bonds is 3. The molecule has 4 heteroatoms. The highest BCUT2D eigenvalue weighted by atomic mass is 16.5. The van der Waals surface area contributed by atoms with Crippen LogP contribution in [0.15, 0.2) is 24.3 Å². The summed E-state index contributed by atoms with van der Waals surface area (Å²) in [5.74, 6) is -0.657. The lowest BCUT2D eigenvalue weighted by Gasteiger charge is -2.31. The Labute approximate surface area is 145 Å². The highest BCUT2D eigenvalue weighted by Crippen LogP contribution is 2.25. The first kappa shape index (κ1) is 18.5. The maximum atomic E-state index is 11.9. The van der Waals surface area contributed by atoms with Crippen molar-refractivity contribution in [3.63, 3.8) is 0 Å². The third-order valence-corrected chi connectivity index (χ3v) is 4.70. The smallest absolute Gasteiger partial charge is 0.397 e. The minimum atomic E-state index is -0.728. The molecule has 1 aliphatic heterocycles. The predicted molar refractivity (Wildman–Crippen MR) is 94.8 cm³/mol. The number of hydrogen-bond donors (Lipinski definition) is 0. The highest BCUT2D eigenvalue weighted by molar-refractivity contribution is 6.32. The Morgan fingerprint density at radius 2 is 1.71 bits per heavy atom. The van der Waals surface area contributed by atoms with Gasteiger partial charge in [-0.1, -0.05) is 45.0 Å². The molecule has 1 fully saturated rings. The molecule has 4 nitrogen and oxygen atoms in total. The van der Waals surface area contributed by atoms with Crippen LogP contribution in [0, 0.1) is 5.92 Å². The van der Waals surface area contributed by atoms with E-state index in [1.54, 1.807) is 11.8 Å². The minimum Gasteiger partial charge on any atom is -0.459 e. The molecule has 0 radical (unpaired) electrons. The second-order valence-corrected chi connectivity index (χ2v) is 7.61. The number of amides is 1. The molecule has 132 valence electrons. The van der Waals surface area contributed by atoms with Crippen LogP contribution in [0.25, 0.3) is 0 Å². The van der Waals surface area contributed by atoms with E-state index in [9.17, 15) is 9.59 Å². The van der Waals surface area contributed by atoms with E-state index in [1.165, 1.54) is 11.1 Å². The molecule has 0 N–H and O–H groups in total. The van der Waals surface area contributed by atoms with E-state index in [-0.39, 0.29) is 12.0 Å². The summed E-state index contributed by atoms with van der Waals surface area (Å²) in [6.45, 7) is 9.90. The molecule has 0 atom stereocenters. The topological polar surface area (TPSA) is 46.6 Å². The largest absolute Gasteiger partial charge is 0.459 e. The lowest BCUT2D eigenvalue weighted by atomic mass is 9.85. The van der Waals surface area contributed by atoms with Gasteiger partial charge >= 0.3 is 11.9 Å². The first-order chi connectivity index (χ1) is 11.3. The molecule has 1 aliphatic rings. The summed E-state index contributed by atoms with van der Waals surface area (Å²) in [5.41, 5.74) is 2.87. The monoisotopic (exact) mass is 331 g/mol. The first-order valence-electron chi connectivity index (χ1n) is 8.86. The third kappa shape index (κ3) is 4.83. The molecular formula is C20H29NO3. The zero-order valence-corrected chi connectivity index (χ0v) is 15.3. The van der Waals surface area contributed by atoms with Crippen molar-refractivity contribution in [2.24, 2.45) is 5.92 Å². The molecule has 24 heavy (non-hydrogen) atoms. The fraction of sp³-hybridized carbons (Fsp3) is 0.600. The standard InChI is InChI=1S/C20H29NO3/c1-5-24-19(23)18(22)21-12-10-16(11-13-21)14-15-6-8-17(9-7-15)20(2,3)4/h6-9,16H,5,10-14H2,1-4H3. The van der Waals surface area contributed by atoms with E-state index in [2.05, 4.69) is 45.0 Å². The van der Waals surface area contributed by atoms with Gasteiger partial charge in [0.1, 0.15) is 0 Å². The Morgan fingerprint density at radius 1 is 1.12 bits per heavy atom.